The van der Waals surface area contributed by atoms with Crippen LogP contribution in [-0.2, 0) is 0 Å². The van der Waals surface area contributed by atoms with Crippen molar-refractivity contribution in [3.63, 3.8) is 0 Å². The molecule has 2 aromatic rings. The van der Waals surface area contributed by atoms with Gasteiger partial charge in [0.1, 0.15) is 11.6 Å². The van der Waals surface area contributed by atoms with Crippen molar-refractivity contribution in [2.75, 3.05) is 0 Å². The largest absolute Gasteiger partial charge is 0.491 e. The zero-order valence-electron chi connectivity index (χ0n) is 11.3. The van der Waals surface area contributed by atoms with E-state index in [9.17, 15) is 14.3 Å². The fourth-order valence-corrected chi connectivity index (χ4v) is 1.93. The van der Waals surface area contributed by atoms with E-state index in [-0.39, 0.29) is 17.5 Å². The summed E-state index contributed by atoms with van der Waals surface area (Å²) in [6.45, 7) is 3.74. The lowest BCUT2D eigenvalue weighted by atomic mass is 9.99. The highest BCUT2D eigenvalue weighted by atomic mass is 19.1. The summed E-state index contributed by atoms with van der Waals surface area (Å²) in [6.07, 6.45) is -0.0340. The highest BCUT2D eigenvalue weighted by molar-refractivity contribution is 5.96. The smallest absolute Gasteiger partial charge is 0.336 e. The Morgan fingerprint density at radius 2 is 1.80 bits per heavy atom. The van der Waals surface area contributed by atoms with Gasteiger partial charge in [-0.1, -0.05) is 12.1 Å². The number of rotatable bonds is 4. The Bertz CT molecular complexity index is 618. The zero-order valence-corrected chi connectivity index (χ0v) is 11.3. The summed E-state index contributed by atoms with van der Waals surface area (Å²) in [4.78, 5) is 11.4. The molecular formula is C16H15FO3. The zero-order chi connectivity index (χ0) is 14.7. The van der Waals surface area contributed by atoms with Crippen LogP contribution in [0.2, 0.25) is 0 Å². The van der Waals surface area contributed by atoms with E-state index in [4.69, 9.17) is 4.74 Å². The van der Waals surface area contributed by atoms with Gasteiger partial charge >= 0.3 is 5.97 Å². The van der Waals surface area contributed by atoms with Crippen molar-refractivity contribution in [1.29, 1.82) is 0 Å². The first-order valence-electron chi connectivity index (χ1n) is 6.27. The molecular weight excluding hydrogens is 259 g/mol. The molecule has 0 atom stereocenters. The quantitative estimate of drug-likeness (QED) is 0.917. The number of carboxylic acids is 1. The summed E-state index contributed by atoms with van der Waals surface area (Å²) in [5.74, 6) is -0.896. The lowest BCUT2D eigenvalue weighted by Gasteiger charge is -2.12. The molecule has 0 amide bonds. The van der Waals surface area contributed by atoms with Crippen LogP contribution < -0.4 is 4.74 Å². The third-order valence-corrected chi connectivity index (χ3v) is 2.75. The minimum absolute atomic E-state index is 0.0340. The minimum Gasteiger partial charge on any atom is -0.491 e. The molecule has 2 aromatic carbocycles. The van der Waals surface area contributed by atoms with Crippen molar-refractivity contribution in [2.24, 2.45) is 0 Å². The van der Waals surface area contributed by atoms with Crippen LogP contribution in [-0.4, -0.2) is 17.2 Å². The molecule has 0 aliphatic rings. The van der Waals surface area contributed by atoms with Crippen LogP contribution in [0.5, 0.6) is 5.75 Å². The summed E-state index contributed by atoms with van der Waals surface area (Å²) in [6, 6.07) is 10.6. The molecule has 0 fully saturated rings. The second-order valence-electron chi connectivity index (χ2n) is 4.69. The van der Waals surface area contributed by atoms with E-state index < -0.39 is 5.97 Å². The summed E-state index contributed by atoms with van der Waals surface area (Å²) >= 11 is 0. The molecule has 0 heterocycles. The Hall–Kier alpha value is -2.36. The molecule has 0 saturated carbocycles. The molecule has 0 aromatic heterocycles. The molecule has 0 bridgehead atoms. The van der Waals surface area contributed by atoms with Gasteiger partial charge in [0.2, 0.25) is 0 Å². The van der Waals surface area contributed by atoms with Crippen LogP contribution in [0, 0.1) is 5.82 Å². The van der Waals surface area contributed by atoms with Crippen LogP contribution in [0.25, 0.3) is 11.1 Å². The van der Waals surface area contributed by atoms with Gasteiger partial charge in [0.15, 0.2) is 0 Å². The Labute approximate surface area is 116 Å². The van der Waals surface area contributed by atoms with Gasteiger partial charge in [-0.15, -0.1) is 0 Å². The van der Waals surface area contributed by atoms with Crippen LogP contribution >= 0.6 is 0 Å². The third kappa shape index (κ3) is 3.15. The van der Waals surface area contributed by atoms with Gasteiger partial charge < -0.3 is 9.84 Å². The molecule has 0 radical (unpaired) electrons. The number of benzene rings is 2. The van der Waals surface area contributed by atoms with E-state index in [1.807, 2.05) is 13.8 Å². The fourth-order valence-electron chi connectivity index (χ4n) is 1.93. The number of hydrogen-bond donors (Lipinski definition) is 1. The normalized spacial score (nSPS) is 10.6. The maximum atomic E-state index is 12.9. The van der Waals surface area contributed by atoms with Crippen molar-refractivity contribution in [2.45, 2.75) is 20.0 Å². The predicted octanol–water partition coefficient (Wildman–Crippen LogP) is 3.98. The van der Waals surface area contributed by atoms with Crippen molar-refractivity contribution < 1.29 is 19.0 Å². The molecule has 104 valence electrons. The molecule has 0 spiro atoms. The van der Waals surface area contributed by atoms with E-state index >= 15 is 0 Å². The van der Waals surface area contributed by atoms with Crippen molar-refractivity contribution in [1.82, 2.24) is 0 Å². The summed E-state index contributed by atoms with van der Waals surface area (Å²) < 4.78 is 18.4. The molecule has 2 rings (SSSR count). The van der Waals surface area contributed by atoms with Gasteiger partial charge in [-0.2, -0.15) is 0 Å². The number of carbonyl (C=O) groups is 1. The third-order valence-electron chi connectivity index (χ3n) is 2.75. The fraction of sp³-hybridized carbons (Fsp3) is 0.188. The highest BCUT2D eigenvalue weighted by Crippen LogP contribution is 2.28. The van der Waals surface area contributed by atoms with E-state index in [0.29, 0.717) is 16.9 Å². The standard InChI is InChI=1S/C16H15FO3/c1-10(2)20-13-7-8-14(15(9-13)16(18)19)11-3-5-12(17)6-4-11/h3-10H,1-2H3,(H,18,19). The van der Waals surface area contributed by atoms with Crippen LogP contribution in [0.3, 0.4) is 0 Å². The number of ether oxygens (including phenoxy) is 1. The van der Waals surface area contributed by atoms with E-state index in [2.05, 4.69) is 0 Å². The summed E-state index contributed by atoms with van der Waals surface area (Å²) in [7, 11) is 0. The van der Waals surface area contributed by atoms with Crippen LogP contribution in [0.1, 0.15) is 24.2 Å². The number of carboxylic acid groups (broad SMARTS) is 1. The molecule has 1 N–H and O–H groups in total. The van der Waals surface area contributed by atoms with E-state index in [1.165, 1.54) is 18.2 Å². The minimum atomic E-state index is -1.04. The van der Waals surface area contributed by atoms with Crippen molar-refractivity contribution >= 4 is 5.97 Å². The average Bonchev–Trinajstić information content (AvgIpc) is 2.39. The summed E-state index contributed by atoms with van der Waals surface area (Å²) in [5, 5.41) is 9.31. The maximum absolute atomic E-state index is 12.9. The number of halogens is 1. The first-order chi connectivity index (χ1) is 9.47. The van der Waals surface area contributed by atoms with E-state index in [1.54, 1.807) is 24.3 Å². The molecule has 0 unspecified atom stereocenters. The topological polar surface area (TPSA) is 46.5 Å². The van der Waals surface area contributed by atoms with Crippen LogP contribution in [0.4, 0.5) is 4.39 Å². The summed E-state index contributed by atoms with van der Waals surface area (Å²) in [5.41, 5.74) is 1.32. The van der Waals surface area contributed by atoms with Crippen LogP contribution in [0.15, 0.2) is 42.5 Å². The first-order valence-corrected chi connectivity index (χ1v) is 6.27. The van der Waals surface area contributed by atoms with Gasteiger partial charge in [-0.3, -0.25) is 0 Å². The Morgan fingerprint density at radius 3 is 2.35 bits per heavy atom. The lowest BCUT2D eigenvalue weighted by molar-refractivity contribution is 0.0697. The average molecular weight is 274 g/mol. The Balaban J connectivity index is 2.47. The van der Waals surface area contributed by atoms with E-state index in [0.717, 1.165) is 0 Å². The molecule has 20 heavy (non-hydrogen) atoms. The number of aromatic carboxylic acids is 1. The SMILES string of the molecule is CC(C)Oc1ccc(-c2ccc(F)cc2)c(C(=O)O)c1. The predicted molar refractivity (Wildman–Crippen MR) is 74.6 cm³/mol. The number of hydrogen-bond acceptors (Lipinski definition) is 2. The molecule has 0 saturated heterocycles. The van der Waals surface area contributed by atoms with Gasteiger partial charge in [0.25, 0.3) is 0 Å². The monoisotopic (exact) mass is 274 g/mol. The molecule has 0 aliphatic carbocycles. The van der Waals surface area contributed by atoms with Crippen molar-refractivity contribution in [3.8, 4) is 16.9 Å². The Morgan fingerprint density at radius 1 is 1.15 bits per heavy atom. The maximum Gasteiger partial charge on any atom is 0.336 e. The van der Waals surface area contributed by atoms with Gasteiger partial charge in [0, 0.05) is 0 Å². The first kappa shape index (κ1) is 14.1. The lowest BCUT2D eigenvalue weighted by Crippen LogP contribution is -2.07. The van der Waals surface area contributed by atoms with Crippen molar-refractivity contribution in [3.05, 3.63) is 53.8 Å². The Kier molecular flexibility index (Phi) is 4.03. The molecule has 3 nitrogen and oxygen atoms in total. The van der Waals surface area contributed by atoms with Gasteiger partial charge in [-0.25, -0.2) is 9.18 Å². The molecule has 0 aliphatic heterocycles. The second kappa shape index (κ2) is 5.74. The highest BCUT2D eigenvalue weighted by Gasteiger charge is 2.13. The second-order valence-corrected chi connectivity index (χ2v) is 4.69. The van der Waals surface area contributed by atoms with Gasteiger partial charge in [-0.05, 0) is 55.3 Å². The molecule has 4 heteroatoms. The van der Waals surface area contributed by atoms with Gasteiger partial charge in [0.05, 0.1) is 11.7 Å².